The highest BCUT2D eigenvalue weighted by atomic mass is 35.5. The number of anilines is 2. The third-order valence-electron chi connectivity index (χ3n) is 3.80. The zero-order valence-electron chi connectivity index (χ0n) is 15.3. The molecule has 0 radical (unpaired) electrons. The van der Waals surface area contributed by atoms with E-state index in [9.17, 15) is 13.2 Å². The van der Waals surface area contributed by atoms with Gasteiger partial charge in [-0.25, -0.2) is 8.42 Å². The lowest BCUT2D eigenvalue weighted by Crippen LogP contribution is -2.38. The highest BCUT2D eigenvalue weighted by Crippen LogP contribution is 2.33. The zero-order chi connectivity index (χ0) is 19.5. The Labute approximate surface area is 160 Å². The van der Waals surface area contributed by atoms with E-state index in [1.54, 1.807) is 36.4 Å². The first-order chi connectivity index (χ1) is 12.0. The van der Waals surface area contributed by atoms with Crippen molar-refractivity contribution in [3.05, 3.63) is 59.1 Å². The van der Waals surface area contributed by atoms with Crippen LogP contribution in [0.2, 0.25) is 5.02 Å². The fourth-order valence-corrected chi connectivity index (χ4v) is 3.56. The second-order valence-electron chi connectivity index (χ2n) is 7.09. The molecule has 1 amide bonds. The van der Waals surface area contributed by atoms with Crippen molar-refractivity contribution in [3.8, 4) is 0 Å². The van der Waals surface area contributed by atoms with Gasteiger partial charge in [0.2, 0.25) is 15.9 Å². The quantitative estimate of drug-likeness (QED) is 0.832. The van der Waals surface area contributed by atoms with Gasteiger partial charge in [-0.2, -0.15) is 0 Å². The third kappa shape index (κ3) is 5.22. The number of hydrogen-bond acceptors (Lipinski definition) is 3. The minimum absolute atomic E-state index is 0.272. The average Bonchev–Trinajstić information content (AvgIpc) is 2.53. The van der Waals surface area contributed by atoms with Crippen molar-refractivity contribution in [2.24, 2.45) is 0 Å². The molecule has 0 spiro atoms. The van der Waals surface area contributed by atoms with Crippen LogP contribution in [0.3, 0.4) is 0 Å². The Bertz CT molecular complexity index is 888. The largest absolute Gasteiger partial charge is 0.325 e. The smallest absolute Gasteiger partial charge is 0.245 e. The van der Waals surface area contributed by atoms with Gasteiger partial charge in [0.15, 0.2) is 0 Å². The molecule has 140 valence electrons. The summed E-state index contributed by atoms with van der Waals surface area (Å²) in [6.07, 6.45) is 1.10. The monoisotopic (exact) mass is 394 g/mol. The fraction of sp³-hybridized carbons (Fsp3) is 0.316. The van der Waals surface area contributed by atoms with Gasteiger partial charge in [-0.1, -0.05) is 50.6 Å². The first-order valence-electron chi connectivity index (χ1n) is 8.11. The second kappa shape index (κ2) is 7.68. The van der Waals surface area contributed by atoms with Crippen molar-refractivity contribution in [1.82, 2.24) is 0 Å². The molecule has 7 heteroatoms. The number of hydrogen-bond donors (Lipinski definition) is 1. The Morgan fingerprint density at radius 1 is 1.08 bits per heavy atom. The van der Waals surface area contributed by atoms with Gasteiger partial charge in [-0.3, -0.25) is 9.10 Å². The average molecular weight is 395 g/mol. The van der Waals surface area contributed by atoms with Gasteiger partial charge in [0.25, 0.3) is 0 Å². The molecule has 26 heavy (non-hydrogen) atoms. The molecular weight excluding hydrogens is 372 g/mol. The summed E-state index contributed by atoms with van der Waals surface area (Å²) in [6.45, 7) is 5.69. The molecule has 0 aliphatic carbocycles. The Kier molecular flexibility index (Phi) is 5.98. The molecule has 1 N–H and O–H groups in total. The standard InChI is InChI=1S/C19H23ClN2O3S/c1-19(2,3)16-7-5-6-8-17(16)22(26(4,24)25)13-18(23)21-15-11-9-14(20)10-12-15/h5-12H,13H2,1-4H3,(H,21,23). The van der Waals surface area contributed by atoms with E-state index in [2.05, 4.69) is 5.32 Å². The van der Waals surface area contributed by atoms with Crippen LogP contribution in [0.15, 0.2) is 48.5 Å². The first-order valence-corrected chi connectivity index (χ1v) is 10.3. The van der Waals surface area contributed by atoms with E-state index in [0.29, 0.717) is 16.4 Å². The number of nitrogens with zero attached hydrogens (tertiary/aromatic N) is 1. The van der Waals surface area contributed by atoms with Crippen LogP contribution < -0.4 is 9.62 Å². The summed E-state index contributed by atoms with van der Waals surface area (Å²) in [5.74, 6) is -0.429. The van der Waals surface area contributed by atoms with Crippen molar-refractivity contribution < 1.29 is 13.2 Å². The van der Waals surface area contributed by atoms with E-state index in [-0.39, 0.29) is 12.0 Å². The summed E-state index contributed by atoms with van der Waals surface area (Å²) in [7, 11) is -3.64. The molecule has 0 aliphatic heterocycles. The number of para-hydroxylation sites is 1. The Hall–Kier alpha value is -2.05. The number of carbonyl (C=O) groups is 1. The number of carbonyl (C=O) groups excluding carboxylic acids is 1. The van der Waals surface area contributed by atoms with Gasteiger partial charge in [-0.15, -0.1) is 0 Å². The third-order valence-corrected chi connectivity index (χ3v) is 5.17. The minimum atomic E-state index is -3.64. The predicted octanol–water partition coefficient (Wildman–Crippen LogP) is 4.04. The Morgan fingerprint density at radius 2 is 1.65 bits per heavy atom. The maximum atomic E-state index is 12.4. The fourth-order valence-electron chi connectivity index (χ4n) is 2.57. The minimum Gasteiger partial charge on any atom is -0.325 e. The van der Waals surface area contributed by atoms with E-state index < -0.39 is 15.9 Å². The van der Waals surface area contributed by atoms with Crippen molar-refractivity contribution in [2.45, 2.75) is 26.2 Å². The normalized spacial score (nSPS) is 11.9. The molecule has 0 atom stereocenters. The van der Waals surface area contributed by atoms with E-state index in [1.807, 2.05) is 32.9 Å². The molecule has 0 fully saturated rings. The molecule has 0 aliphatic rings. The lowest BCUT2D eigenvalue weighted by Gasteiger charge is -2.29. The van der Waals surface area contributed by atoms with Gasteiger partial charge in [-0.05, 0) is 41.3 Å². The van der Waals surface area contributed by atoms with Crippen molar-refractivity contribution in [3.63, 3.8) is 0 Å². The number of amides is 1. The lowest BCUT2D eigenvalue weighted by molar-refractivity contribution is -0.114. The van der Waals surface area contributed by atoms with Crippen molar-refractivity contribution >= 4 is 38.9 Å². The number of rotatable bonds is 5. The summed E-state index contributed by atoms with van der Waals surface area (Å²) in [5, 5.41) is 3.25. The van der Waals surface area contributed by atoms with Crippen molar-refractivity contribution in [2.75, 3.05) is 22.4 Å². The molecule has 0 bridgehead atoms. The van der Waals surface area contributed by atoms with Gasteiger partial charge in [0, 0.05) is 10.7 Å². The van der Waals surface area contributed by atoms with Crippen LogP contribution in [0.1, 0.15) is 26.3 Å². The number of sulfonamides is 1. The maximum absolute atomic E-state index is 12.4. The Morgan fingerprint density at radius 3 is 2.19 bits per heavy atom. The topological polar surface area (TPSA) is 66.5 Å². The van der Waals surface area contributed by atoms with Gasteiger partial charge in [0.1, 0.15) is 6.54 Å². The molecular formula is C19H23ClN2O3S. The van der Waals surface area contributed by atoms with Crippen LogP contribution in [0, 0.1) is 0 Å². The highest BCUT2D eigenvalue weighted by molar-refractivity contribution is 7.92. The number of benzene rings is 2. The summed E-state index contributed by atoms with van der Waals surface area (Å²) in [4.78, 5) is 12.4. The summed E-state index contributed by atoms with van der Waals surface area (Å²) >= 11 is 5.83. The molecule has 2 aromatic rings. The van der Waals surface area contributed by atoms with Gasteiger partial charge < -0.3 is 5.32 Å². The van der Waals surface area contributed by atoms with Crippen LogP contribution in [0.4, 0.5) is 11.4 Å². The highest BCUT2D eigenvalue weighted by Gasteiger charge is 2.27. The van der Waals surface area contributed by atoms with E-state index >= 15 is 0 Å². The summed E-state index contributed by atoms with van der Waals surface area (Å²) in [5.41, 5.74) is 1.64. The zero-order valence-corrected chi connectivity index (χ0v) is 16.9. The maximum Gasteiger partial charge on any atom is 0.245 e. The van der Waals surface area contributed by atoms with Gasteiger partial charge in [0.05, 0.1) is 11.9 Å². The predicted molar refractivity (Wildman–Crippen MR) is 107 cm³/mol. The van der Waals surface area contributed by atoms with Crippen LogP contribution in [-0.4, -0.2) is 27.1 Å². The summed E-state index contributed by atoms with van der Waals surface area (Å²) < 4.78 is 25.9. The lowest BCUT2D eigenvalue weighted by atomic mass is 9.86. The van der Waals surface area contributed by atoms with Gasteiger partial charge >= 0.3 is 0 Å². The van der Waals surface area contributed by atoms with Crippen LogP contribution in [0.5, 0.6) is 0 Å². The SMILES string of the molecule is CC(C)(C)c1ccccc1N(CC(=O)Nc1ccc(Cl)cc1)S(C)(=O)=O. The second-order valence-corrected chi connectivity index (χ2v) is 9.44. The van der Waals surface area contributed by atoms with Crippen molar-refractivity contribution in [1.29, 1.82) is 0 Å². The summed E-state index contributed by atoms with van der Waals surface area (Å²) in [6, 6.07) is 13.9. The number of halogens is 1. The Balaban J connectivity index is 2.33. The molecule has 2 rings (SSSR count). The van der Waals surface area contributed by atoms with E-state index in [1.165, 1.54) is 0 Å². The molecule has 0 saturated carbocycles. The molecule has 0 unspecified atom stereocenters. The molecule has 0 aromatic heterocycles. The molecule has 0 saturated heterocycles. The molecule has 0 heterocycles. The molecule has 5 nitrogen and oxygen atoms in total. The first kappa shape index (κ1) is 20.3. The van der Waals surface area contributed by atoms with Crippen LogP contribution >= 0.6 is 11.6 Å². The number of nitrogens with one attached hydrogen (secondary N) is 1. The van der Waals surface area contributed by atoms with Crippen LogP contribution in [-0.2, 0) is 20.2 Å². The van der Waals surface area contributed by atoms with E-state index in [4.69, 9.17) is 11.6 Å². The van der Waals surface area contributed by atoms with E-state index in [0.717, 1.165) is 16.1 Å². The van der Waals surface area contributed by atoms with Crippen LogP contribution in [0.25, 0.3) is 0 Å². The molecule has 2 aromatic carbocycles.